The molecular formula is C15H25BrO. The number of halogens is 1. The lowest BCUT2D eigenvalue weighted by atomic mass is 9.66. The molecule has 5 atom stereocenters. The topological polar surface area (TPSA) is 20.2 Å². The number of fused-ring (bicyclic) bond motifs is 1. The summed E-state index contributed by atoms with van der Waals surface area (Å²) in [7, 11) is 0. The van der Waals surface area contributed by atoms with Gasteiger partial charge in [0, 0.05) is 4.83 Å². The Bertz CT molecular complexity index is 336. The Morgan fingerprint density at radius 3 is 2.24 bits per heavy atom. The molecule has 0 heterocycles. The molecule has 1 nitrogen and oxygen atoms in total. The van der Waals surface area contributed by atoms with Crippen molar-refractivity contribution < 1.29 is 5.11 Å². The molecule has 0 aromatic carbocycles. The summed E-state index contributed by atoms with van der Waals surface area (Å²) in [5.41, 5.74) is 0.614. The monoisotopic (exact) mass is 300 g/mol. The molecule has 17 heavy (non-hydrogen) atoms. The van der Waals surface area contributed by atoms with Crippen molar-refractivity contribution in [2.75, 3.05) is 0 Å². The lowest BCUT2D eigenvalue weighted by Crippen LogP contribution is -2.36. The number of rotatable bonds is 1. The summed E-state index contributed by atoms with van der Waals surface area (Å²) in [6.45, 7) is 6.87. The second-order valence-electron chi connectivity index (χ2n) is 7.78. The highest BCUT2D eigenvalue weighted by atomic mass is 79.9. The summed E-state index contributed by atoms with van der Waals surface area (Å²) >= 11 is 3.85. The zero-order valence-corrected chi connectivity index (χ0v) is 12.9. The fourth-order valence-electron chi connectivity index (χ4n) is 4.85. The van der Waals surface area contributed by atoms with Gasteiger partial charge in [-0.3, -0.25) is 0 Å². The quantitative estimate of drug-likeness (QED) is 0.722. The second-order valence-corrected chi connectivity index (χ2v) is 8.89. The SMILES string of the molecule is CC1(C)C[C@@H]([C@@]23CC[C@@](C)(O)[C@@H]2C3)CC[C@@H]1Br. The van der Waals surface area contributed by atoms with Gasteiger partial charge < -0.3 is 5.11 Å². The summed E-state index contributed by atoms with van der Waals surface area (Å²) in [6, 6.07) is 0. The lowest BCUT2D eigenvalue weighted by Gasteiger charge is -2.42. The average molecular weight is 301 g/mol. The molecule has 98 valence electrons. The Labute approximate surface area is 113 Å². The molecule has 3 saturated carbocycles. The highest BCUT2D eigenvalue weighted by Crippen LogP contribution is 2.73. The van der Waals surface area contributed by atoms with Gasteiger partial charge in [0.25, 0.3) is 0 Å². The molecule has 3 rings (SSSR count). The highest BCUT2D eigenvalue weighted by molar-refractivity contribution is 9.09. The van der Waals surface area contributed by atoms with Crippen LogP contribution in [0.4, 0.5) is 0 Å². The first-order chi connectivity index (χ1) is 7.78. The Morgan fingerprint density at radius 1 is 1.06 bits per heavy atom. The maximum atomic E-state index is 10.4. The Morgan fingerprint density at radius 2 is 1.76 bits per heavy atom. The van der Waals surface area contributed by atoms with Crippen LogP contribution in [0, 0.1) is 22.7 Å². The third-order valence-electron chi connectivity index (χ3n) is 6.17. The minimum atomic E-state index is -0.352. The first kappa shape index (κ1) is 12.5. The standard InChI is InChI=1S/C15H25BrO/c1-13(2)8-10(4-5-12(13)16)15-7-6-14(3,17)11(15)9-15/h10-12,17H,4-9H2,1-3H3/t10-,11-,12-,14+,15-/m0/s1. The van der Waals surface area contributed by atoms with E-state index in [2.05, 4.69) is 36.7 Å². The number of hydrogen-bond acceptors (Lipinski definition) is 1. The van der Waals surface area contributed by atoms with Gasteiger partial charge in [0.05, 0.1) is 5.60 Å². The molecular weight excluding hydrogens is 276 g/mol. The number of aliphatic hydroxyl groups is 1. The van der Waals surface area contributed by atoms with E-state index in [0.29, 0.717) is 21.6 Å². The van der Waals surface area contributed by atoms with Crippen LogP contribution in [0.5, 0.6) is 0 Å². The van der Waals surface area contributed by atoms with Crippen molar-refractivity contribution in [1.82, 2.24) is 0 Å². The first-order valence-corrected chi connectivity index (χ1v) is 8.06. The van der Waals surface area contributed by atoms with Gasteiger partial charge in [-0.1, -0.05) is 29.8 Å². The molecule has 0 aromatic heterocycles. The normalized spacial score (nSPS) is 56.6. The van der Waals surface area contributed by atoms with E-state index >= 15 is 0 Å². The van der Waals surface area contributed by atoms with Crippen LogP contribution in [0.3, 0.4) is 0 Å². The third kappa shape index (κ3) is 1.74. The Hall–Kier alpha value is 0.440. The Balaban J connectivity index is 1.76. The van der Waals surface area contributed by atoms with E-state index in [4.69, 9.17) is 0 Å². The number of hydrogen-bond donors (Lipinski definition) is 1. The smallest absolute Gasteiger partial charge is 0.0653 e. The van der Waals surface area contributed by atoms with Crippen LogP contribution in [0.1, 0.15) is 59.3 Å². The highest BCUT2D eigenvalue weighted by Gasteiger charge is 2.69. The Kier molecular flexibility index (Phi) is 2.57. The molecule has 0 radical (unpaired) electrons. The first-order valence-electron chi connectivity index (χ1n) is 7.14. The van der Waals surface area contributed by atoms with Crippen molar-refractivity contribution in [2.45, 2.75) is 69.7 Å². The minimum Gasteiger partial charge on any atom is -0.390 e. The summed E-state index contributed by atoms with van der Waals surface area (Å²) in [5, 5.41) is 10.4. The second kappa shape index (κ2) is 3.50. The van der Waals surface area contributed by atoms with Crippen molar-refractivity contribution in [3.05, 3.63) is 0 Å². The van der Waals surface area contributed by atoms with Gasteiger partial charge in [0.2, 0.25) is 0 Å². The molecule has 0 aromatic rings. The van der Waals surface area contributed by atoms with E-state index in [0.717, 1.165) is 12.3 Å². The van der Waals surface area contributed by atoms with E-state index in [9.17, 15) is 5.11 Å². The third-order valence-corrected chi connectivity index (χ3v) is 7.86. The average Bonchev–Trinajstić information content (AvgIpc) is 2.91. The van der Waals surface area contributed by atoms with Crippen molar-refractivity contribution in [3.8, 4) is 0 Å². The van der Waals surface area contributed by atoms with Crippen LogP contribution in [-0.2, 0) is 0 Å². The molecule has 0 spiro atoms. The van der Waals surface area contributed by atoms with Gasteiger partial charge in [0.15, 0.2) is 0 Å². The van der Waals surface area contributed by atoms with Crippen LogP contribution in [0.2, 0.25) is 0 Å². The summed E-state index contributed by atoms with van der Waals surface area (Å²) in [5.74, 6) is 1.48. The number of alkyl halides is 1. The van der Waals surface area contributed by atoms with Gasteiger partial charge >= 0.3 is 0 Å². The van der Waals surface area contributed by atoms with Crippen molar-refractivity contribution in [3.63, 3.8) is 0 Å². The van der Waals surface area contributed by atoms with E-state index in [-0.39, 0.29) is 5.60 Å². The zero-order valence-electron chi connectivity index (χ0n) is 11.3. The molecule has 3 fully saturated rings. The van der Waals surface area contributed by atoms with Crippen LogP contribution >= 0.6 is 15.9 Å². The zero-order chi connectivity index (χ0) is 12.5. The molecule has 3 aliphatic rings. The lowest BCUT2D eigenvalue weighted by molar-refractivity contribution is 0.0400. The van der Waals surface area contributed by atoms with Crippen molar-refractivity contribution in [1.29, 1.82) is 0 Å². The summed E-state index contributed by atoms with van der Waals surface area (Å²) < 4.78 is 0. The predicted octanol–water partition coefficient (Wildman–Crippen LogP) is 4.13. The van der Waals surface area contributed by atoms with Crippen LogP contribution < -0.4 is 0 Å². The summed E-state index contributed by atoms with van der Waals surface area (Å²) in [6.07, 6.45) is 7.63. The summed E-state index contributed by atoms with van der Waals surface area (Å²) in [4.78, 5) is 0.682. The van der Waals surface area contributed by atoms with E-state index in [1.54, 1.807) is 0 Å². The molecule has 1 N–H and O–H groups in total. The van der Waals surface area contributed by atoms with Gasteiger partial charge in [-0.2, -0.15) is 0 Å². The van der Waals surface area contributed by atoms with Crippen LogP contribution in [-0.4, -0.2) is 15.5 Å². The van der Waals surface area contributed by atoms with E-state index in [1.165, 1.54) is 32.1 Å². The van der Waals surface area contributed by atoms with Gasteiger partial charge in [-0.25, -0.2) is 0 Å². The van der Waals surface area contributed by atoms with Crippen LogP contribution in [0.15, 0.2) is 0 Å². The predicted molar refractivity (Wildman–Crippen MR) is 74.2 cm³/mol. The minimum absolute atomic E-state index is 0.352. The molecule has 3 aliphatic carbocycles. The largest absolute Gasteiger partial charge is 0.390 e. The molecule has 0 aliphatic heterocycles. The maximum absolute atomic E-state index is 10.4. The fraction of sp³-hybridized carbons (Fsp3) is 1.00. The van der Waals surface area contributed by atoms with Gasteiger partial charge in [-0.05, 0) is 68.1 Å². The van der Waals surface area contributed by atoms with Gasteiger partial charge in [-0.15, -0.1) is 0 Å². The van der Waals surface area contributed by atoms with Crippen molar-refractivity contribution >= 4 is 15.9 Å². The van der Waals surface area contributed by atoms with E-state index < -0.39 is 0 Å². The molecule has 0 saturated heterocycles. The van der Waals surface area contributed by atoms with Gasteiger partial charge in [0.1, 0.15) is 0 Å². The molecule has 0 amide bonds. The molecule has 0 unspecified atom stereocenters. The molecule has 2 heteroatoms. The maximum Gasteiger partial charge on any atom is 0.0653 e. The van der Waals surface area contributed by atoms with E-state index in [1.807, 2.05) is 0 Å². The van der Waals surface area contributed by atoms with Crippen LogP contribution in [0.25, 0.3) is 0 Å². The fourth-order valence-corrected chi connectivity index (χ4v) is 5.30. The molecule has 0 bridgehead atoms. The van der Waals surface area contributed by atoms with Crippen molar-refractivity contribution in [2.24, 2.45) is 22.7 Å².